The van der Waals surface area contributed by atoms with E-state index < -0.39 is 5.97 Å². The Hall–Kier alpha value is -1.35. The van der Waals surface area contributed by atoms with Crippen LogP contribution in [0.3, 0.4) is 0 Å². The lowest BCUT2D eigenvalue weighted by atomic mass is 9.89. The second kappa shape index (κ2) is 6.20. The van der Waals surface area contributed by atoms with Gasteiger partial charge in [0.15, 0.2) is 0 Å². The Morgan fingerprint density at radius 3 is 2.53 bits per heavy atom. The predicted octanol–water partition coefficient (Wildman–Crippen LogP) is 4.13. The zero-order valence-electron chi connectivity index (χ0n) is 11.9. The van der Waals surface area contributed by atoms with Crippen molar-refractivity contribution in [2.45, 2.75) is 46.5 Å². The molecule has 1 radical (unpaired) electrons. The van der Waals surface area contributed by atoms with Crippen LogP contribution in [0, 0.1) is 25.9 Å². The van der Waals surface area contributed by atoms with Gasteiger partial charge in [0.1, 0.15) is 6.10 Å². The fraction of sp³-hybridized carbons (Fsp3) is 0.500. The highest BCUT2D eigenvalue weighted by atomic mass is 17.2. The lowest BCUT2D eigenvalue weighted by Gasteiger charge is -2.23. The molecule has 0 atom stereocenters. The first kappa shape index (κ1) is 14.1. The topological polar surface area (TPSA) is 35.5 Å². The van der Waals surface area contributed by atoms with E-state index in [1.54, 1.807) is 6.07 Å². The molecule has 0 aromatic heterocycles. The quantitative estimate of drug-likeness (QED) is 0.606. The maximum atomic E-state index is 11.9. The molecule has 19 heavy (non-hydrogen) atoms. The highest BCUT2D eigenvalue weighted by Gasteiger charge is 2.22. The van der Waals surface area contributed by atoms with Crippen molar-refractivity contribution in [3.05, 3.63) is 41.0 Å². The van der Waals surface area contributed by atoms with Crippen molar-refractivity contribution < 1.29 is 14.6 Å². The van der Waals surface area contributed by atoms with Crippen molar-refractivity contribution in [3.8, 4) is 0 Å². The lowest BCUT2D eigenvalue weighted by molar-refractivity contribution is -0.240. The zero-order chi connectivity index (χ0) is 13.8. The smallest absolute Gasteiger partial charge is 0.292 e. The van der Waals surface area contributed by atoms with Crippen molar-refractivity contribution in [1.82, 2.24) is 0 Å². The van der Waals surface area contributed by atoms with Gasteiger partial charge in [0.05, 0.1) is 5.56 Å². The van der Waals surface area contributed by atoms with Gasteiger partial charge in [0.2, 0.25) is 0 Å². The van der Waals surface area contributed by atoms with Crippen LogP contribution < -0.4 is 0 Å². The molecule has 1 aromatic rings. The molecule has 0 saturated heterocycles. The number of carbonyl (C=O) groups is 1. The first-order chi connectivity index (χ1) is 9.06. The van der Waals surface area contributed by atoms with E-state index in [-0.39, 0.29) is 0 Å². The van der Waals surface area contributed by atoms with Crippen LogP contribution in [-0.4, -0.2) is 5.97 Å². The highest BCUT2D eigenvalue weighted by Crippen LogP contribution is 2.30. The molecule has 0 spiro atoms. The van der Waals surface area contributed by atoms with Gasteiger partial charge in [-0.2, -0.15) is 4.89 Å². The number of hydrogen-bond donors (Lipinski definition) is 0. The van der Waals surface area contributed by atoms with Crippen LogP contribution in [0.2, 0.25) is 0 Å². The van der Waals surface area contributed by atoms with Crippen LogP contribution in [0.4, 0.5) is 0 Å². The molecule has 1 aliphatic rings. The fourth-order valence-corrected chi connectivity index (χ4v) is 2.35. The summed E-state index contributed by atoms with van der Waals surface area (Å²) in [6, 6.07) is 5.65. The van der Waals surface area contributed by atoms with Gasteiger partial charge >= 0.3 is 5.97 Å². The van der Waals surface area contributed by atoms with E-state index in [0.717, 1.165) is 48.8 Å². The molecule has 3 nitrogen and oxygen atoms in total. The average molecular weight is 261 g/mol. The molecule has 3 heteroatoms. The Morgan fingerprint density at radius 1 is 1.21 bits per heavy atom. The minimum absolute atomic E-state index is 0.413. The fourth-order valence-electron chi connectivity index (χ4n) is 2.35. The van der Waals surface area contributed by atoms with Gasteiger partial charge in [0.25, 0.3) is 0 Å². The Labute approximate surface area is 114 Å². The Balaban J connectivity index is 1.87. The van der Waals surface area contributed by atoms with Gasteiger partial charge in [0, 0.05) is 0 Å². The molecule has 0 unspecified atom stereocenters. The first-order valence-corrected chi connectivity index (χ1v) is 6.87. The molecule has 1 aromatic carbocycles. The van der Waals surface area contributed by atoms with Crippen LogP contribution in [0.5, 0.6) is 0 Å². The molecular formula is C16H21O3. The van der Waals surface area contributed by atoms with Crippen molar-refractivity contribution >= 4 is 5.97 Å². The van der Waals surface area contributed by atoms with E-state index in [2.05, 4.69) is 6.92 Å². The average Bonchev–Trinajstić information content (AvgIpc) is 2.37. The normalized spacial score (nSPS) is 17.4. The van der Waals surface area contributed by atoms with E-state index in [1.807, 2.05) is 26.0 Å². The Kier molecular flexibility index (Phi) is 4.59. The lowest BCUT2D eigenvalue weighted by Crippen LogP contribution is -2.16. The summed E-state index contributed by atoms with van der Waals surface area (Å²) >= 11 is 0. The van der Waals surface area contributed by atoms with E-state index in [9.17, 15) is 4.79 Å². The van der Waals surface area contributed by atoms with Gasteiger partial charge in [-0.3, -0.25) is 4.89 Å². The Bertz CT molecular complexity index is 445. The maximum absolute atomic E-state index is 11.9. The summed E-state index contributed by atoms with van der Waals surface area (Å²) in [5, 5.41) is 0. The van der Waals surface area contributed by atoms with Crippen LogP contribution in [0.15, 0.2) is 18.2 Å². The maximum Gasteiger partial charge on any atom is 0.373 e. The van der Waals surface area contributed by atoms with Crippen molar-refractivity contribution in [2.75, 3.05) is 0 Å². The third kappa shape index (κ3) is 3.80. The SMILES string of the molecule is Cc1ccc(C(=O)OO[C]2CCC(C)CC2)c(C)c1. The number of hydrogen-bond acceptors (Lipinski definition) is 3. The van der Waals surface area contributed by atoms with E-state index in [0.29, 0.717) is 5.56 Å². The number of rotatable bonds is 3. The van der Waals surface area contributed by atoms with Gasteiger partial charge in [-0.05, 0) is 57.1 Å². The van der Waals surface area contributed by atoms with Gasteiger partial charge < -0.3 is 0 Å². The predicted molar refractivity (Wildman–Crippen MR) is 73.3 cm³/mol. The van der Waals surface area contributed by atoms with Gasteiger partial charge in [-0.1, -0.05) is 24.6 Å². The molecule has 0 heterocycles. The molecule has 1 fully saturated rings. The van der Waals surface area contributed by atoms with Crippen LogP contribution in [-0.2, 0) is 9.78 Å². The van der Waals surface area contributed by atoms with Crippen LogP contribution in [0.1, 0.15) is 54.1 Å². The van der Waals surface area contributed by atoms with E-state index in [4.69, 9.17) is 9.78 Å². The number of aryl methyl sites for hydroxylation is 2. The molecule has 2 rings (SSSR count). The summed E-state index contributed by atoms with van der Waals surface area (Å²) < 4.78 is 0. The second-order valence-electron chi connectivity index (χ2n) is 5.49. The highest BCUT2D eigenvalue weighted by molar-refractivity contribution is 5.90. The summed E-state index contributed by atoms with van der Waals surface area (Å²) in [6.07, 6.45) is 4.88. The van der Waals surface area contributed by atoms with Crippen LogP contribution >= 0.6 is 0 Å². The van der Waals surface area contributed by atoms with E-state index in [1.165, 1.54) is 0 Å². The molecule has 0 bridgehead atoms. The van der Waals surface area contributed by atoms with Crippen molar-refractivity contribution in [3.63, 3.8) is 0 Å². The summed E-state index contributed by atoms with van der Waals surface area (Å²) in [4.78, 5) is 22.1. The minimum atomic E-state index is -0.413. The summed E-state index contributed by atoms with van der Waals surface area (Å²) in [5.41, 5.74) is 2.61. The third-order valence-corrected chi connectivity index (χ3v) is 3.67. The second-order valence-corrected chi connectivity index (χ2v) is 5.49. The Morgan fingerprint density at radius 2 is 1.89 bits per heavy atom. The number of carbonyl (C=O) groups excluding carboxylic acids is 1. The summed E-state index contributed by atoms with van der Waals surface area (Å²) in [7, 11) is 0. The van der Waals surface area contributed by atoms with Crippen LogP contribution in [0.25, 0.3) is 0 Å². The molecule has 1 aliphatic carbocycles. The monoisotopic (exact) mass is 261 g/mol. The van der Waals surface area contributed by atoms with Crippen molar-refractivity contribution in [2.24, 2.45) is 5.92 Å². The van der Waals surface area contributed by atoms with Crippen molar-refractivity contribution in [1.29, 1.82) is 0 Å². The third-order valence-electron chi connectivity index (χ3n) is 3.67. The van der Waals surface area contributed by atoms with Gasteiger partial charge in [-0.25, -0.2) is 4.79 Å². The molecule has 1 saturated carbocycles. The first-order valence-electron chi connectivity index (χ1n) is 6.87. The minimum Gasteiger partial charge on any atom is -0.292 e. The molecular weight excluding hydrogens is 240 g/mol. The largest absolute Gasteiger partial charge is 0.373 e. The molecule has 103 valence electrons. The number of benzene rings is 1. The molecule has 0 N–H and O–H groups in total. The standard InChI is InChI=1S/C16H21O3/c1-11-4-7-14(8-5-11)18-19-16(17)15-9-6-12(2)10-13(15)3/h6,9-11H,4-5,7-8H2,1-3H3. The van der Waals surface area contributed by atoms with Gasteiger partial charge in [-0.15, -0.1) is 0 Å². The van der Waals surface area contributed by atoms with E-state index >= 15 is 0 Å². The molecule has 0 aliphatic heterocycles. The summed E-state index contributed by atoms with van der Waals surface area (Å²) in [6.45, 7) is 6.13. The zero-order valence-corrected chi connectivity index (χ0v) is 11.9. The summed E-state index contributed by atoms with van der Waals surface area (Å²) in [5.74, 6) is 0.325. The molecule has 0 amide bonds.